The van der Waals surface area contributed by atoms with E-state index in [-0.39, 0.29) is 0 Å². The van der Waals surface area contributed by atoms with E-state index in [0.717, 1.165) is 35.9 Å². The monoisotopic (exact) mass is 228 g/mol. The van der Waals surface area contributed by atoms with Crippen LogP contribution < -0.4 is 5.73 Å². The number of nitrogen functional groups attached to an aromatic ring is 1. The van der Waals surface area contributed by atoms with Crippen LogP contribution in [0.5, 0.6) is 0 Å². The van der Waals surface area contributed by atoms with Crippen molar-refractivity contribution < 1.29 is 0 Å². The first-order valence-electron chi connectivity index (χ1n) is 6.04. The summed E-state index contributed by atoms with van der Waals surface area (Å²) < 4.78 is 2.23. The highest BCUT2D eigenvalue weighted by molar-refractivity contribution is 5.65. The first-order chi connectivity index (χ1) is 8.25. The summed E-state index contributed by atoms with van der Waals surface area (Å²) in [7, 11) is 0. The Kier molecular flexibility index (Phi) is 2.35. The molecule has 88 valence electrons. The molecule has 2 N–H and O–H groups in total. The van der Waals surface area contributed by atoms with Crippen LogP contribution in [0.4, 0.5) is 5.69 Å². The summed E-state index contributed by atoms with van der Waals surface area (Å²) in [6.45, 7) is 3.10. The zero-order valence-corrected chi connectivity index (χ0v) is 9.98. The van der Waals surface area contributed by atoms with Gasteiger partial charge >= 0.3 is 0 Å². The molecule has 1 aliphatic heterocycles. The van der Waals surface area contributed by atoms with Gasteiger partial charge in [-0.3, -0.25) is 0 Å². The third-order valence-corrected chi connectivity index (χ3v) is 3.36. The molecule has 0 unspecified atom stereocenters. The highest BCUT2D eigenvalue weighted by Crippen LogP contribution is 2.27. The van der Waals surface area contributed by atoms with E-state index in [0.29, 0.717) is 0 Å². The van der Waals surface area contributed by atoms with E-state index in [1.807, 2.05) is 18.2 Å². The maximum absolute atomic E-state index is 5.85. The number of fused-ring (bicyclic) bond motifs is 1. The maximum atomic E-state index is 5.85. The standard InChI is InChI=1S/C13H16N4/c1-9-5-6-10(14)8-11(9)13-16-15-12-4-2-3-7-17(12)13/h5-6,8H,2-4,7,14H2,1H3. The van der Waals surface area contributed by atoms with Crippen molar-refractivity contribution in [2.75, 3.05) is 5.73 Å². The average Bonchev–Trinajstić information content (AvgIpc) is 2.76. The Labute approximate surface area is 100 Å². The van der Waals surface area contributed by atoms with Gasteiger partial charge in [-0.1, -0.05) is 6.07 Å². The van der Waals surface area contributed by atoms with Crippen molar-refractivity contribution in [3.05, 3.63) is 29.6 Å². The van der Waals surface area contributed by atoms with Gasteiger partial charge in [0, 0.05) is 24.2 Å². The summed E-state index contributed by atoms with van der Waals surface area (Å²) in [5.74, 6) is 2.07. The Hall–Kier alpha value is -1.84. The van der Waals surface area contributed by atoms with Crippen LogP contribution in [-0.2, 0) is 13.0 Å². The molecule has 1 aromatic carbocycles. The van der Waals surface area contributed by atoms with Gasteiger partial charge in [-0.25, -0.2) is 0 Å². The fourth-order valence-corrected chi connectivity index (χ4v) is 2.39. The minimum absolute atomic E-state index is 0.777. The average molecular weight is 228 g/mol. The Balaban J connectivity index is 2.15. The number of aryl methyl sites for hydroxylation is 2. The van der Waals surface area contributed by atoms with Crippen LogP contribution in [0, 0.1) is 6.92 Å². The molecule has 0 radical (unpaired) electrons. The topological polar surface area (TPSA) is 56.7 Å². The second kappa shape index (κ2) is 3.87. The van der Waals surface area contributed by atoms with Crippen LogP contribution in [0.1, 0.15) is 24.2 Å². The molecule has 4 heteroatoms. The lowest BCUT2D eigenvalue weighted by atomic mass is 10.1. The molecule has 0 amide bonds. The minimum Gasteiger partial charge on any atom is -0.399 e. The molecular formula is C13H16N4. The van der Waals surface area contributed by atoms with Gasteiger partial charge in [-0.05, 0) is 37.5 Å². The van der Waals surface area contributed by atoms with Gasteiger partial charge in [0.05, 0.1) is 0 Å². The van der Waals surface area contributed by atoms with Crippen molar-refractivity contribution in [3.63, 3.8) is 0 Å². The molecule has 1 aliphatic rings. The molecule has 2 aromatic rings. The Morgan fingerprint density at radius 2 is 2.12 bits per heavy atom. The van der Waals surface area contributed by atoms with E-state index in [1.54, 1.807) is 0 Å². The van der Waals surface area contributed by atoms with Gasteiger partial charge in [-0.2, -0.15) is 0 Å². The van der Waals surface area contributed by atoms with Gasteiger partial charge < -0.3 is 10.3 Å². The fraction of sp³-hybridized carbons (Fsp3) is 0.385. The number of anilines is 1. The van der Waals surface area contributed by atoms with Crippen LogP contribution in [0.3, 0.4) is 0 Å². The molecule has 17 heavy (non-hydrogen) atoms. The van der Waals surface area contributed by atoms with E-state index >= 15 is 0 Å². The van der Waals surface area contributed by atoms with Gasteiger partial charge in [0.1, 0.15) is 5.82 Å². The number of benzene rings is 1. The largest absolute Gasteiger partial charge is 0.399 e. The maximum Gasteiger partial charge on any atom is 0.164 e. The third kappa shape index (κ3) is 1.69. The van der Waals surface area contributed by atoms with Crippen LogP contribution in [0.15, 0.2) is 18.2 Å². The van der Waals surface area contributed by atoms with E-state index in [1.165, 1.54) is 18.4 Å². The van der Waals surface area contributed by atoms with Crippen LogP contribution in [0.25, 0.3) is 11.4 Å². The lowest BCUT2D eigenvalue weighted by Crippen LogP contribution is -2.11. The summed E-state index contributed by atoms with van der Waals surface area (Å²) in [6.07, 6.45) is 3.46. The Bertz CT molecular complexity index is 557. The molecule has 0 aliphatic carbocycles. The van der Waals surface area contributed by atoms with Gasteiger partial charge in [-0.15, -0.1) is 10.2 Å². The van der Waals surface area contributed by atoms with E-state index in [2.05, 4.69) is 21.7 Å². The van der Waals surface area contributed by atoms with Crippen LogP contribution in [0.2, 0.25) is 0 Å². The van der Waals surface area contributed by atoms with Crippen LogP contribution >= 0.6 is 0 Å². The first kappa shape index (κ1) is 10.3. The molecule has 0 fully saturated rings. The van der Waals surface area contributed by atoms with E-state index in [9.17, 15) is 0 Å². The SMILES string of the molecule is Cc1ccc(N)cc1-c1nnc2n1CCCC2. The number of hydrogen-bond donors (Lipinski definition) is 1. The third-order valence-electron chi connectivity index (χ3n) is 3.36. The Morgan fingerprint density at radius 1 is 1.24 bits per heavy atom. The Morgan fingerprint density at radius 3 is 3.00 bits per heavy atom. The van der Waals surface area contributed by atoms with Crippen molar-refractivity contribution in [2.24, 2.45) is 0 Å². The van der Waals surface area contributed by atoms with Crippen molar-refractivity contribution >= 4 is 5.69 Å². The molecule has 1 aromatic heterocycles. The predicted molar refractivity (Wildman–Crippen MR) is 67.5 cm³/mol. The van der Waals surface area contributed by atoms with E-state index in [4.69, 9.17) is 5.73 Å². The lowest BCUT2D eigenvalue weighted by molar-refractivity contribution is 0.526. The van der Waals surface area contributed by atoms with Crippen molar-refractivity contribution in [1.82, 2.24) is 14.8 Å². The summed E-state index contributed by atoms with van der Waals surface area (Å²) in [5, 5.41) is 8.60. The highest BCUT2D eigenvalue weighted by Gasteiger charge is 2.17. The molecule has 0 saturated heterocycles. The summed E-state index contributed by atoms with van der Waals surface area (Å²) in [6, 6.07) is 5.95. The van der Waals surface area contributed by atoms with Gasteiger partial charge in [0.2, 0.25) is 0 Å². The normalized spacial score (nSPS) is 14.6. The van der Waals surface area contributed by atoms with E-state index < -0.39 is 0 Å². The number of aromatic nitrogens is 3. The number of rotatable bonds is 1. The zero-order chi connectivity index (χ0) is 11.8. The van der Waals surface area contributed by atoms with Crippen molar-refractivity contribution in [2.45, 2.75) is 32.7 Å². The van der Waals surface area contributed by atoms with Gasteiger partial charge in [0.25, 0.3) is 0 Å². The molecule has 0 atom stereocenters. The molecular weight excluding hydrogens is 212 g/mol. The first-order valence-corrected chi connectivity index (χ1v) is 6.04. The number of hydrogen-bond acceptors (Lipinski definition) is 3. The number of nitrogens with two attached hydrogens (primary N) is 1. The molecule has 2 heterocycles. The highest BCUT2D eigenvalue weighted by atomic mass is 15.3. The quantitative estimate of drug-likeness (QED) is 0.761. The predicted octanol–water partition coefficient (Wildman–Crippen LogP) is 2.17. The lowest BCUT2D eigenvalue weighted by Gasteiger charge is -2.15. The van der Waals surface area contributed by atoms with Crippen molar-refractivity contribution in [1.29, 1.82) is 0 Å². The fourth-order valence-electron chi connectivity index (χ4n) is 2.39. The van der Waals surface area contributed by atoms with Gasteiger partial charge in [0.15, 0.2) is 5.82 Å². The van der Waals surface area contributed by atoms with Crippen molar-refractivity contribution in [3.8, 4) is 11.4 Å². The molecule has 3 rings (SSSR count). The molecule has 4 nitrogen and oxygen atoms in total. The number of nitrogens with zero attached hydrogens (tertiary/aromatic N) is 3. The summed E-state index contributed by atoms with van der Waals surface area (Å²) in [4.78, 5) is 0. The second-order valence-corrected chi connectivity index (χ2v) is 4.62. The smallest absolute Gasteiger partial charge is 0.164 e. The zero-order valence-electron chi connectivity index (χ0n) is 9.98. The molecule has 0 saturated carbocycles. The minimum atomic E-state index is 0.777. The molecule has 0 bridgehead atoms. The second-order valence-electron chi connectivity index (χ2n) is 4.62. The summed E-state index contributed by atoms with van der Waals surface area (Å²) in [5.41, 5.74) is 8.93. The summed E-state index contributed by atoms with van der Waals surface area (Å²) >= 11 is 0. The van der Waals surface area contributed by atoms with Crippen LogP contribution in [-0.4, -0.2) is 14.8 Å². The molecule has 0 spiro atoms.